The average molecular weight is 425 g/mol. The number of aromatic nitrogens is 1. The molecule has 0 aliphatic carbocycles. The van der Waals surface area contributed by atoms with Gasteiger partial charge in [0, 0.05) is 0 Å². The first kappa shape index (κ1) is 20.5. The van der Waals surface area contributed by atoms with Crippen molar-refractivity contribution in [2.75, 3.05) is 5.32 Å². The monoisotopic (exact) mass is 426 g/mol. The molecule has 0 atom stereocenters. The van der Waals surface area contributed by atoms with Gasteiger partial charge >= 0.3 is 147 Å². The first-order valence-corrected chi connectivity index (χ1v) is 16.8. The minimum absolute atomic E-state index is 0.0528. The van der Waals surface area contributed by atoms with Crippen LogP contribution in [0.3, 0.4) is 0 Å². The van der Waals surface area contributed by atoms with Crippen LogP contribution < -0.4 is 8.90 Å². The third-order valence-electron chi connectivity index (χ3n) is 4.71. The summed E-state index contributed by atoms with van der Waals surface area (Å²) in [6.07, 6.45) is 10.0. The second-order valence-corrected chi connectivity index (χ2v) is 19.9. The van der Waals surface area contributed by atoms with E-state index in [1.807, 2.05) is 6.07 Å². The fraction of sp³-hybridized carbons (Fsp3) is 0.684. The van der Waals surface area contributed by atoms with Gasteiger partial charge in [0.05, 0.1) is 0 Å². The van der Waals surface area contributed by atoms with Crippen molar-refractivity contribution < 1.29 is 4.79 Å². The normalized spacial score (nSPS) is 11.5. The number of nitrogens with one attached hydrogen (secondary N) is 1. The number of carbonyl (C=O) groups is 1. The van der Waals surface area contributed by atoms with E-state index in [0.717, 1.165) is 0 Å². The van der Waals surface area contributed by atoms with Crippen LogP contribution in [0.5, 0.6) is 0 Å². The number of hydrogen-bond donors (Lipinski definition) is 1. The maximum atomic E-state index is 11.2. The van der Waals surface area contributed by atoms with Crippen molar-refractivity contribution in [1.82, 2.24) is 4.98 Å². The Morgan fingerprint density at radius 1 is 1.00 bits per heavy atom. The summed E-state index contributed by atoms with van der Waals surface area (Å²) in [5, 5.41) is 2.79. The molecule has 130 valence electrons. The summed E-state index contributed by atoms with van der Waals surface area (Å²) in [5.41, 5.74) is 0. The Morgan fingerprint density at radius 2 is 1.52 bits per heavy atom. The Labute approximate surface area is 146 Å². The predicted octanol–water partition coefficient (Wildman–Crippen LogP) is 5.10. The summed E-state index contributed by atoms with van der Waals surface area (Å²) < 4.78 is 5.91. The van der Waals surface area contributed by atoms with E-state index >= 15 is 0 Å². The van der Waals surface area contributed by atoms with Crippen LogP contribution in [0.25, 0.3) is 0 Å². The molecule has 0 spiro atoms. The van der Waals surface area contributed by atoms with Gasteiger partial charge in [-0.1, -0.05) is 0 Å². The van der Waals surface area contributed by atoms with Crippen molar-refractivity contribution in [3.8, 4) is 0 Å². The summed E-state index contributed by atoms with van der Waals surface area (Å²) >= 11 is -2.36. The van der Waals surface area contributed by atoms with Gasteiger partial charge in [0.2, 0.25) is 0 Å². The Kier molecular flexibility index (Phi) is 9.84. The van der Waals surface area contributed by atoms with E-state index in [0.29, 0.717) is 5.82 Å². The third kappa shape index (κ3) is 6.82. The molecule has 0 saturated carbocycles. The molecular weight excluding hydrogens is 391 g/mol. The topological polar surface area (TPSA) is 42.0 Å². The van der Waals surface area contributed by atoms with Crippen molar-refractivity contribution >= 4 is 33.7 Å². The molecule has 0 unspecified atom stereocenters. The first-order valence-electron chi connectivity index (χ1n) is 9.32. The van der Waals surface area contributed by atoms with Gasteiger partial charge in [-0.15, -0.1) is 0 Å². The maximum absolute atomic E-state index is 11.2. The standard InChI is InChI=1S/C7H7N2O.3C4H9.Sn/c1-6(10)9-7-4-2-3-5-8-7;3*1-3-4-2;/h2,4-5H,1H3,(H,8,9,10);3*1,3-4H2,2H3;. The molecule has 0 fully saturated rings. The van der Waals surface area contributed by atoms with E-state index in [-0.39, 0.29) is 5.91 Å². The molecule has 0 aliphatic rings. The van der Waals surface area contributed by atoms with Gasteiger partial charge in [-0.3, -0.25) is 0 Å². The van der Waals surface area contributed by atoms with Gasteiger partial charge in [0.15, 0.2) is 0 Å². The summed E-state index contributed by atoms with van der Waals surface area (Å²) in [6.45, 7) is 8.43. The van der Waals surface area contributed by atoms with E-state index in [4.69, 9.17) is 0 Å². The summed E-state index contributed by atoms with van der Waals surface area (Å²) in [4.78, 5) is 15.7. The van der Waals surface area contributed by atoms with Crippen molar-refractivity contribution in [3.63, 3.8) is 0 Å². The molecule has 1 heterocycles. The van der Waals surface area contributed by atoms with Crippen molar-refractivity contribution in [1.29, 1.82) is 0 Å². The predicted molar refractivity (Wildman–Crippen MR) is 103 cm³/mol. The van der Waals surface area contributed by atoms with Crippen LogP contribution in [-0.2, 0) is 4.79 Å². The molecule has 1 aromatic rings. The summed E-state index contributed by atoms with van der Waals surface area (Å²) in [6, 6.07) is 4.28. The fourth-order valence-electron chi connectivity index (χ4n) is 3.32. The van der Waals surface area contributed by atoms with Crippen LogP contribution in [0, 0.1) is 0 Å². The van der Waals surface area contributed by atoms with Gasteiger partial charge in [-0.05, 0) is 0 Å². The number of unbranched alkanes of at least 4 members (excludes halogenated alkanes) is 3. The second-order valence-electron chi connectivity index (χ2n) is 6.70. The molecule has 1 rings (SSSR count). The molecule has 23 heavy (non-hydrogen) atoms. The van der Waals surface area contributed by atoms with Crippen LogP contribution in [0.2, 0.25) is 13.3 Å². The molecule has 3 nitrogen and oxygen atoms in total. The molecule has 0 saturated heterocycles. The van der Waals surface area contributed by atoms with Gasteiger partial charge in [-0.2, -0.15) is 0 Å². The Morgan fingerprint density at radius 3 is 1.87 bits per heavy atom. The zero-order valence-electron chi connectivity index (χ0n) is 15.5. The minimum atomic E-state index is -2.36. The van der Waals surface area contributed by atoms with Crippen LogP contribution in [0.1, 0.15) is 66.2 Å². The van der Waals surface area contributed by atoms with E-state index < -0.39 is 18.4 Å². The van der Waals surface area contributed by atoms with Crippen LogP contribution in [-0.4, -0.2) is 29.3 Å². The quantitative estimate of drug-likeness (QED) is 0.502. The molecule has 0 bridgehead atoms. The molecule has 1 amide bonds. The zero-order chi connectivity index (χ0) is 17.1. The summed E-state index contributed by atoms with van der Waals surface area (Å²) in [7, 11) is 0. The van der Waals surface area contributed by atoms with Crippen molar-refractivity contribution in [2.24, 2.45) is 0 Å². The first-order chi connectivity index (χ1) is 11.1. The molecule has 0 aliphatic heterocycles. The molecule has 0 radical (unpaired) electrons. The van der Waals surface area contributed by atoms with Crippen LogP contribution in [0.15, 0.2) is 18.3 Å². The van der Waals surface area contributed by atoms with E-state index in [1.165, 1.54) is 58.8 Å². The van der Waals surface area contributed by atoms with E-state index in [9.17, 15) is 4.79 Å². The van der Waals surface area contributed by atoms with Gasteiger partial charge in [0.25, 0.3) is 0 Å². The summed E-state index contributed by atoms with van der Waals surface area (Å²) in [5.74, 6) is 0.630. The Bertz CT molecular complexity index is 437. The van der Waals surface area contributed by atoms with Gasteiger partial charge in [-0.25, -0.2) is 0 Å². The number of rotatable bonds is 11. The zero-order valence-corrected chi connectivity index (χ0v) is 18.3. The molecule has 4 heteroatoms. The molecule has 1 aromatic heterocycles. The molecular formula is C19H34N2OSn. The van der Waals surface area contributed by atoms with Crippen LogP contribution >= 0.6 is 0 Å². The number of anilines is 1. The average Bonchev–Trinajstić information content (AvgIpc) is 2.55. The Hall–Kier alpha value is -0.581. The number of nitrogens with zero attached hydrogens (tertiary/aromatic N) is 1. The van der Waals surface area contributed by atoms with Crippen LogP contribution in [0.4, 0.5) is 5.82 Å². The van der Waals surface area contributed by atoms with Crippen molar-refractivity contribution in [3.05, 3.63) is 18.3 Å². The molecule has 0 aromatic carbocycles. The van der Waals surface area contributed by atoms with Gasteiger partial charge < -0.3 is 0 Å². The van der Waals surface area contributed by atoms with E-state index in [2.05, 4.69) is 43.3 Å². The number of hydrogen-bond acceptors (Lipinski definition) is 2. The van der Waals surface area contributed by atoms with Crippen molar-refractivity contribution in [2.45, 2.75) is 79.5 Å². The fourth-order valence-corrected chi connectivity index (χ4v) is 19.0. The number of carbonyl (C=O) groups excluding carboxylic acids is 1. The van der Waals surface area contributed by atoms with E-state index in [1.54, 1.807) is 3.58 Å². The second kappa shape index (κ2) is 11.1. The SMILES string of the molecule is CCC[CH2][Sn]([CH2]CCC)([CH2]CCC)[c]1ccc(NC(C)=O)nc1. The Balaban J connectivity index is 3.04. The van der Waals surface area contributed by atoms with Gasteiger partial charge in [0.1, 0.15) is 0 Å². The molecule has 1 N–H and O–H groups in total. The third-order valence-corrected chi connectivity index (χ3v) is 20.3. The number of amides is 1. The number of pyridine rings is 1.